The first kappa shape index (κ1) is 19.3. The smallest absolute Gasteiger partial charge is 0.180 e. The van der Waals surface area contributed by atoms with Crippen molar-refractivity contribution in [1.29, 1.82) is 0 Å². The van der Waals surface area contributed by atoms with Crippen molar-refractivity contribution in [2.24, 2.45) is 0 Å². The molecule has 0 amide bonds. The van der Waals surface area contributed by atoms with E-state index in [1.165, 1.54) is 35.6 Å². The summed E-state index contributed by atoms with van der Waals surface area (Å²) in [7, 11) is -0.0863. The maximum atomic E-state index is 6.05. The lowest BCUT2D eigenvalue weighted by Crippen LogP contribution is -2.10. The second-order valence-corrected chi connectivity index (χ2v) is 10.3. The molecule has 0 saturated heterocycles. The molecule has 0 aliphatic carbocycles. The summed E-state index contributed by atoms with van der Waals surface area (Å²) in [6.07, 6.45) is 1.06. The Morgan fingerprint density at radius 2 is 1.23 bits per heavy atom. The second-order valence-electron chi connectivity index (χ2n) is 7.23. The highest BCUT2D eigenvalue weighted by Gasteiger charge is 2.37. The van der Waals surface area contributed by atoms with Crippen molar-refractivity contribution in [2.45, 2.75) is 44.4 Å². The molecule has 0 fully saturated rings. The molecule has 3 heteroatoms. The van der Waals surface area contributed by atoms with Gasteiger partial charge in [0.25, 0.3) is 0 Å². The van der Waals surface area contributed by atoms with Crippen molar-refractivity contribution in [3.63, 3.8) is 0 Å². The van der Waals surface area contributed by atoms with Gasteiger partial charge in [0.05, 0.1) is 9.79 Å². The highest BCUT2D eigenvalue weighted by molar-refractivity contribution is 8.04. The summed E-state index contributed by atoms with van der Waals surface area (Å²) >= 11 is 1.87. The Kier molecular flexibility index (Phi) is 5.56. The third kappa shape index (κ3) is 3.88. The van der Waals surface area contributed by atoms with Crippen molar-refractivity contribution < 1.29 is 4.74 Å². The first-order valence-corrected chi connectivity index (χ1v) is 12.3. The van der Waals surface area contributed by atoms with Crippen LogP contribution in [0, 0.1) is 0 Å². The lowest BCUT2D eigenvalue weighted by atomic mass is 10.1. The summed E-state index contributed by atoms with van der Waals surface area (Å²) in [6.45, 7) is 2.77. The van der Waals surface area contributed by atoms with Crippen LogP contribution in [0.4, 0.5) is 0 Å². The number of hydrogen-bond acceptors (Lipinski definition) is 2. The minimum atomic E-state index is -0.0863. The largest absolute Gasteiger partial charge is 0.489 e. The SMILES string of the molecule is CCc1ccc(COc2ccc([S+]3c4ccccc4Sc4ccccc43)cc2)cc1. The summed E-state index contributed by atoms with van der Waals surface area (Å²) in [5.41, 5.74) is 2.56. The maximum Gasteiger partial charge on any atom is 0.180 e. The Balaban J connectivity index is 1.39. The molecule has 1 aliphatic heterocycles. The van der Waals surface area contributed by atoms with E-state index in [1.807, 2.05) is 11.8 Å². The van der Waals surface area contributed by atoms with E-state index in [-0.39, 0.29) is 10.9 Å². The zero-order chi connectivity index (χ0) is 20.3. The standard InChI is InChI=1S/C27H23OS2/c1-2-20-11-13-21(14-12-20)19-28-22-15-17-23(18-16-22)30-26-9-5-3-7-24(26)29-25-8-4-6-10-27(25)30/h3-18H,2,19H2,1H3/q+1. The van der Waals surface area contributed by atoms with Crippen LogP contribution in [0.25, 0.3) is 0 Å². The molecular formula is C27H23OS2+. The lowest BCUT2D eigenvalue weighted by molar-refractivity contribution is 0.306. The van der Waals surface area contributed by atoms with E-state index in [4.69, 9.17) is 4.74 Å². The van der Waals surface area contributed by atoms with Crippen LogP contribution < -0.4 is 4.74 Å². The molecule has 4 aromatic rings. The van der Waals surface area contributed by atoms with Crippen molar-refractivity contribution >= 4 is 22.7 Å². The summed E-state index contributed by atoms with van der Waals surface area (Å²) in [5.74, 6) is 0.912. The summed E-state index contributed by atoms with van der Waals surface area (Å²) in [4.78, 5) is 6.86. The van der Waals surface area contributed by atoms with E-state index >= 15 is 0 Å². The van der Waals surface area contributed by atoms with Crippen molar-refractivity contribution in [1.82, 2.24) is 0 Å². The Bertz CT molecular complexity index is 1100. The zero-order valence-corrected chi connectivity index (χ0v) is 18.5. The van der Waals surface area contributed by atoms with E-state index in [0.29, 0.717) is 6.61 Å². The van der Waals surface area contributed by atoms with E-state index in [1.54, 1.807) is 0 Å². The van der Waals surface area contributed by atoms with Crippen LogP contribution in [0.3, 0.4) is 0 Å². The van der Waals surface area contributed by atoms with E-state index in [9.17, 15) is 0 Å². The fraction of sp³-hybridized carbons (Fsp3) is 0.111. The van der Waals surface area contributed by atoms with Gasteiger partial charge in [-0.15, -0.1) is 0 Å². The van der Waals surface area contributed by atoms with Gasteiger partial charge in [-0.1, -0.05) is 67.2 Å². The highest BCUT2D eigenvalue weighted by atomic mass is 32.2. The molecule has 148 valence electrons. The predicted molar refractivity (Wildman–Crippen MR) is 126 cm³/mol. The van der Waals surface area contributed by atoms with Crippen LogP contribution in [-0.2, 0) is 23.9 Å². The molecule has 5 rings (SSSR count). The molecular weight excluding hydrogens is 404 g/mol. The molecule has 0 saturated carbocycles. The number of benzene rings is 4. The predicted octanol–water partition coefficient (Wildman–Crippen LogP) is 7.39. The van der Waals surface area contributed by atoms with Gasteiger partial charge in [-0.2, -0.15) is 0 Å². The molecule has 0 aromatic heterocycles. The number of hydrogen-bond donors (Lipinski definition) is 0. The van der Waals surface area contributed by atoms with Gasteiger partial charge in [0, 0.05) is 0 Å². The minimum absolute atomic E-state index is 0.0863. The molecule has 0 unspecified atom stereocenters. The molecule has 4 aromatic carbocycles. The average molecular weight is 428 g/mol. The van der Waals surface area contributed by atoms with E-state index < -0.39 is 0 Å². The Morgan fingerprint density at radius 1 is 0.667 bits per heavy atom. The molecule has 0 bridgehead atoms. The van der Waals surface area contributed by atoms with Crippen LogP contribution in [0.2, 0.25) is 0 Å². The van der Waals surface area contributed by atoms with Gasteiger partial charge in [0.15, 0.2) is 14.7 Å². The summed E-state index contributed by atoms with van der Waals surface area (Å²) in [6, 6.07) is 34.9. The minimum Gasteiger partial charge on any atom is -0.489 e. The van der Waals surface area contributed by atoms with Gasteiger partial charge in [-0.25, -0.2) is 0 Å². The third-order valence-electron chi connectivity index (χ3n) is 5.25. The number of fused-ring (bicyclic) bond motifs is 2. The normalized spacial score (nSPS) is 12.8. The topological polar surface area (TPSA) is 9.23 Å². The van der Waals surface area contributed by atoms with Crippen molar-refractivity contribution in [2.75, 3.05) is 0 Å². The molecule has 0 radical (unpaired) electrons. The van der Waals surface area contributed by atoms with E-state index in [0.717, 1.165) is 12.2 Å². The number of ether oxygens (including phenoxy) is 1. The van der Waals surface area contributed by atoms with Crippen molar-refractivity contribution in [3.05, 3.63) is 108 Å². The average Bonchev–Trinajstić information content (AvgIpc) is 2.82. The third-order valence-corrected chi connectivity index (χ3v) is 9.00. The molecule has 1 heterocycles. The van der Waals surface area contributed by atoms with Crippen LogP contribution >= 0.6 is 11.8 Å². The van der Waals surface area contributed by atoms with E-state index in [2.05, 4.69) is 104 Å². The van der Waals surface area contributed by atoms with Crippen LogP contribution in [-0.4, -0.2) is 0 Å². The Morgan fingerprint density at radius 3 is 1.83 bits per heavy atom. The van der Waals surface area contributed by atoms with Crippen LogP contribution in [0.1, 0.15) is 18.1 Å². The second kappa shape index (κ2) is 8.63. The first-order chi connectivity index (χ1) is 14.8. The van der Waals surface area contributed by atoms with Gasteiger partial charge < -0.3 is 4.74 Å². The molecule has 0 atom stereocenters. The van der Waals surface area contributed by atoms with Gasteiger partial charge in [-0.05, 0) is 66.1 Å². The molecule has 0 N–H and O–H groups in total. The summed E-state index contributed by atoms with van der Waals surface area (Å²) < 4.78 is 6.05. The van der Waals surface area contributed by atoms with Gasteiger partial charge >= 0.3 is 0 Å². The highest BCUT2D eigenvalue weighted by Crippen LogP contribution is 2.48. The Labute approximate surface area is 185 Å². The fourth-order valence-corrected chi connectivity index (χ4v) is 7.35. The molecule has 1 aliphatic rings. The van der Waals surface area contributed by atoms with Crippen LogP contribution in [0.5, 0.6) is 5.75 Å². The quantitative estimate of drug-likeness (QED) is 0.270. The van der Waals surface area contributed by atoms with Gasteiger partial charge in [-0.3, -0.25) is 0 Å². The monoisotopic (exact) mass is 427 g/mol. The fourth-order valence-electron chi connectivity index (χ4n) is 3.61. The zero-order valence-electron chi connectivity index (χ0n) is 16.9. The first-order valence-electron chi connectivity index (χ1n) is 10.2. The van der Waals surface area contributed by atoms with Crippen LogP contribution in [0.15, 0.2) is 122 Å². The molecule has 1 nitrogen and oxygen atoms in total. The van der Waals surface area contributed by atoms with Crippen molar-refractivity contribution in [3.8, 4) is 5.75 Å². The van der Waals surface area contributed by atoms with Gasteiger partial charge in [0.1, 0.15) is 23.3 Å². The van der Waals surface area contributed by atoms with Gasteiger partial charge in [0.2, 0.25) is 0 Å². The maximum absolute atomic E-state index is 6.05. The number of rotatable bonds is 5. The summed E-state index contributed by atoms with van der Waals surface area (Å²) in [5, 5.41) is 0. The lowest BCUT2D eigenvalue weighted by Gasteiger charge is -2.18. The number of aryl methyl sites for hydroxylation is 1. The molecule has 30 heavy (non-hydrogen) atoms. The Hall–Kier alpha value is -2.62. The molecule has 0 spiro atoms.